The highest BCUT2D eigenvalue weighted by Gasteiger charge is 2.25. The fourth-order valence-corrected chi connectivity index (χ4v) is 4.01. The summed E-state index contributed by atoms with van der Waals surface area (Å²) in [5.41, 5.74) is 2.57. The maximum atomic E-state index is 13.4. The first-order valence-corrected chi connectivity index (χ1v) is 10.1. The molecule has 7 nitrogen and oxygen atoms in total. The van der Waals surface area contributed by atoms with Gasteiger partial charge < -0.3 is 9.80 Å². The zero-order valence-corrected chi connectivity index (χ0v) is 16.9. The molecule has 3 aromatic heterocycles. The molecule has 0 atom stereocenters. The van der Waals surface area contributed by atoms with Crippen molar-refractivity contribution < 1.29 is 4.79 Å². The molecule has 0 N–H and O–H groups in total. The number of hydrogen-bond acceptors (Lipinski definition) is 5. The molecule has 1 saturated heterocycles. The van der Waals surface area contributed by atoms with E-state index in [1.165, 1.54) is 0 Å². The molecule has 0 bridgehead atoms. The van der Waals surface area contributed by atoms with Crippen molar-refractivity contribution in [1.82, 2.24) is 24.4 Å². The molecular weight excluding hydrogens is 400 g/mol. The molecule has 4 aromatic rings. The minimum Gasteiger partial charge on any atom is -0.368 e. The number of fused-ring (bicyclic) bond motifs is 1. The van der Waals surface area contributed by atoms with Crippen molar-refractivity contribution in [3.05, 3.63) is 78.0 Å². The van der Waals surface area contributed by atoms with Crippen LogP contribution in [-0.4, -0.2) is 56.5 Å². The van der Waals surface area contributed by atoms with Gasteiger partial charge in [-0.2, -0.15) is 0 Å². The van der Waals surface area contributed by atoms with Gasteiger partial charge in [-0.15, -0.1) is 0 Å². The van der Waals surface area contributed by atoms with Crippen LogP contribution in [0.2, 0.25) is 5.02 Å². The molecule has 30 heavy (non-hydrogen) atoms. The number of piperazine rings is 1. The fourth-order valence-electron chi connectivity index (χ4n) is 3.84. The van der Waals surface area contributed by atoms with Crippen LogP contribution in [0.5, 0.6) is 0 Å². The minimum atomic E-state index is 0.00591. The molecule has 5 rings (SSSR count). The standard InChI is InChI=1S/C22H19ClN6O/c23-16-2-3-18-19(15-29(20(18)14-16)22-25-6-1-7-26-22)21(30)28-12-10-27(11-13-28)17-4-8-24-9-5-17/h1-9,14-15H,10-13H2. The van der Waals surface area contributed by atoms with Crippen molar-refractivity contribution in [3.8, 4) is 5.95 Å². The van der Waals surface area contributed by atoms with E-state index in [1.54, 1.807) is 36.9 Å². The van der Waals surface area contributed by atoms with Gasteiger partial charge in [0.25, 0.3) is 5.91 Å². The summed E-state index contributed by atoms with van der Waals surface area (Å²) in [4.78, 5) is 30.3. The average molecular weight is 419 g/mol. The first-order valence-electron chi connectivity index (χ1n) is 9.73. The summed E-state index contributed by atoms with van der Waals surface area (Å²) in [6.45, 7) is 2.87. The predicted molar refractivity (Wildman–Crippen MR) is 116 cm³/mol. The van der Waals surface area contributed by atoms with Gasteiger partial charge >= 0.3 is 0 Å². The van der Waals surface area contributed by atoms with Crippen molar-refractivity contribution in [2.24, 2.45) is 0 Å². The third-order valence-corrected chi connectivity index (χ3v) is 5.60. The molecule has 1 aromatic carbocycles. The lowest BCUT2D eigenvalue weighted by Crippen LogP contribution is -2.48. The molecule has 1 amide bonds. The number of halogens is 1. The molecule has 0 spiro atoms. The van der Waals surface area contributed by atoms with Crippen molar-refractivity contribution in [2.45, 2.75) is 0 Å². The van der Waals surface area contributed by atoms with Gasteiger partial charge in [0, 0.05) is 73.3 Å². The van der Waals surface area contributed by atoms with E-state index in [1.807, 2.05) is 39.9 Å². The van der Waals surface area contributed by atoms with E-state index in [2.05, 4.69) is 19.9 Å². The van der Waals surface area contributed by atoms with E-state index in [0.29, 0.717) is 29.6 Å². The first-order chi connectivity index (χ1) is 14.7. The minimum absolute atomic E-state index is 0.00591. The summed E-state index contributed by atoms with van der Waals surface area (Å²) < 4.78 is 1.82. The Morgan fingerprint density at radius 1 is 0.933 bits per heavy atom. The van der Waals surface area contributed by atoms with Gasteiger partial charge in [-0.05, 0) is 30.3 Å². The van der Waals surface area contributed by atoms with Gasteiger partial charge in [0.05, 0.1) is 11.1 Å². The predicted octanol–water partition coefficient (Wildman–Crippen LogP) is 3.43. The number of amides is 1. The molecule has 1 aliphatic heterocycles. The summed E-state index contributed by atoms with van der Waals surface area (Å²) in [7, 11) is 0. The zero-order chi connectivity index (χ0) is 20.5. The van der Waals surface area contributed by atoms with E-state index in [0.717, 1.165) is 29.7 Å². The van der Waals surface area contributed by atoms with Crippen molar-refractivity contribution in [2.75, 3.05) is 31.1 Å². The molecule has 0 unspecified atom stereocenters. The number of carbonyl (C=O) groups is 1. The number of anilines is 1. The molecule has 150 valence electrons. The Morgan fingerprint density at radius 2 is 1.67 bits per heavy atom. The van der Waals surface area contributed by atoms with Gasteiger partial charge in [-0.25, -0.2) is 9.97 Å². The summed E-state index contributed by atoms with van der Waals surface area (Å²) in [6, 6.07) is 11.3. The maximum Gasteiger partial charge on any atom is 0.256 e. The van der Waals surface area contributed by atoms with Crippen LogP contribution in [0, 0.1) is 0 Å². The molecule has 1 fully saturated rings. The Hall–Kier alpha value is -3.45. The number of hydrogen-bond donors (Lipinski definition) is 0. The number of benzene rings is 1. The SMILES string of the molecule is O=C(c1cn(-c2ncccn2)c2cc(Cl)ccc12)N1CCN(c2ccncc2)CC1. The van der Waals surface area contributed by atoms with E-state index < -0.39 is 0 Å². The molecule has 4 heterocycles. The highest BCUT2D eigenvalue weighted by molar-refractivity contribution is 6.31. The Balaban J connectivity index is 1.44. The smallest absolute Gasteiger partial charge is 0.256 e. The van der Waals surface area contributed by atoms with Crippen LogP contribution in [0.4, 0.5) is 5.69 Å². The van der Waals surface area contributed by atoms with E-state index in [9.17, 15) is 4.79 Å². The number of pyridine rings is 1. The van der Waals surface area contributed by atoms with E-state index >= 15 is 0 Å². The van der Waals surface area contributed by atoms with Crippen LogP contribution in [-0.2, 0) is 0 Å². The lowest BCUT2D eigenvalue weighted by molar-refractivity contribution is 0.0748. The van der Waals surface area contributed by atoms with Crippen LogP contribution < -0.4 is 4.90 Å². The second kappa shape index (κ2) is 7.76. The highest BCUT2D eigenvalue weighted by Crippen LogP contribution is 2.28. The van der Waals surface area contributed by atoms with Crippen LogP contribution in [0.25, 0.3) is 16.9 Å². The van der Waals surface area contributed by atoms with Crippen molar-refractivity contribution in [3.63, 3.8) is 0 Å². The topological polar surface area (TPSA) is 67.2 Å². The van der Waals surface area contributed by atoms with Crippen LogP contribution in [0.15, 0.2) is 67.4 Å². The fraction of sp³-hybridized carbons (Fsp3) is 0.182. The Labute approximate surface area is 178 Å². The molecule has 8 heteroatoms. The van der Waals surface area contributed by atoms with Gasteiger partial charge in [-0.3, -0.25) is 14.3 Å². The second-order valence-corrected chi connectivity index (χ2v) is 7.54. The third-order valence-electron chi connectivity index (χ3n) is 5.36. The van der Waals surface area contributed by atoms with E-state index in [4.69, 9.17) is 11.6 Å². The van der Waals surface area contributed by atoms with Gasteiger partial charge in [0.2, 0.25) is 5.95 Å². The number of rotatable bonds is 3. The Morgan fingerprint density at radius 3 is 2.40 bits per heavy atom. The largest absolute Gasteiger partial charge is 0.368 e. The Bertz CT molecular complexity index is 1190. The van der Waals surface area contributed by atoms with Crippen molar-refractivity contribution in [1.29, 1.82) is 0 Å². The summed E-state index contributed by atoms with van der Waals surface area (Å²) in [5, 5.41) is 1.44. The highest BCUT2D eigenvalue weighted by atomic mass is 35.5. The van der Waals surface area contributed by atoms with Crippen LogP contribution in [0.1, 0.15) is 10.4 Å². The first kappa shape index (κ1) is 18.6. The maximum absolute atomic E-state index is 13.4. The lowest BCUT2D eigenvalue weighted by atomic mass is 10.1. The molecular formula is C22H19ClN6O. The Kier molecular flexibility index (Phi) is 4.80. The summed E-state index contributed by atoms with van der Waals surface area (Å²) in [5.74, 6) is 0.512. The van der Waals surface area contributed by atoms with E-state index in [-0.39, 0.29) is 5.91 Å². The molecule has 1 aliphatic rings. The normalized spacial score (nSPS) is 14.3. The van der Waals surface area contributed by atoms with Crippen LogP contribution >= 0.6 is 11.6 Å². The zero-order valence-electron chi connectivity index (χ0n) is 16.1. The lowest BCUT2D eigenvalue weighted by Gasteiger charge is -2.36. The number of carbonyl (C=O) groups excluding carboxylic acids is 1. The number of nitrogens with zero attached hydrogens (tertiary/aromatic N) is 6. The van der Waals surface area contributed by atoms with Gasteiger partial charge in [0.1, 0.15) is 0 Å². The van der Waals surface area contributed by atoms with Gasteiger partial charge in [-0.1, -0.05) is 17.7 Å². The van der Waals surface area contributed by atoms with Crippen LogP contribution in [0.3, 0.4) is 0 Å². The molecule has 0 saturated carbocycles. The molecule has 0 aliphatic carbocycles. The average Bonchev–Trinajstić information content (AvgIpc) is 3.18. The number of aromatic nitrogens is 4. The molecule has 0 radical (unpaired) electrons. The summed E-state index contributed by atoms with van der Waals surface area (Å²) in [6.07, 6.45) is 8.75. The monoisotopic (exact) mass is 418 g/mol. The van der Waals surface area contributed by atoms with Gasteiger partial charge in [0.15, 0.2) is 0 Å². The summed E-state index contributed by atoms with van der Waals surface area (Å²) >= 11 is 6.23. The van der Waals surface area contributed by atoms with Crippen molar-refractivity contribution >= 4 is 34.1 Å². The second-order valence-electron chi connectivity index (χ2n) is 7.11. The third kappa shape index (κ3) is 3.37. The quantitative estimate of drug-likeness (QED) is 0.510.